The molecule has 4 nitrogen and oxygen atoms in total. The van der Waals surface area contributed by atoms with Gasteiger partial charge in [0.15, 0.2) is 0 Å². The lowest BCUT2D eigenvalue weighted by atomic mass is 10.2. The van der Waals surface area contributed by atoms with Crippen molar-refractivity contribution in [2.24, 2.45) is 0 Å². The first-order valence-electron chi connectivity index (χ1n) is 5.50. The van der Waals surface area contributed by atoms with E-state index < -0.39 is 5.97 Å². The molecule has 1 heterocycles. The minimum atomic E-state index is -0.839. The molecule has 0 aromatic carbocycles. The number of hydrogen-bond acceptors (Lipinski definition) is 3. The molecule has 0 aliphatic heterocycles. The van der Waals surface area contributed by atoms with E-state index in [4.69, 9.17) is 5.11 Å². The van der Waals surface area contributed by atoms with Gasteiger partial charge in [0, 0.05) is 17.3 Å². The molecule has 17 heavy (non-hydrogen) atoms. The van der Waals surface area contributed by atoms with Crippen LogP contribution in [0.3, 0.4) is 0 Å². The van der Waals surface area contributed by atoms with Gasteiger partial charge in [0.05, 0.1) is 4.88 Å². The highest BCUT2D eigenvalue weighted by Crippen LogP contribution is 2.20. The van der Waals surface area contributed by atoms with Crippen molar-refractivity contribution in [2.45, 2.75) is 39.7 Å². The zero-order chi connectivity index (χ0) is 13.0. The van der Waals surface area contributed by atoms with Crippen LogP contribution in [-0.4, -0.2) is 23.0 Å². The first-order chi connectivity index (χ1) is 7.90. The summed E-state index contributed by atoms with van der Waals surface area (Å²) in [5, 5.41) is 11.3. The van der Waals surface area contributed by atoms with Crippen LogP contribution < -0.4 is 5.32 Å². The molecule has 1 aromatic heterocycles. The van der Waals surface area contributed by atoms with Gasteiger partial charge in [0.1, 0.15) is 0 Å². The van der Waals surface area contributed by atoms with E-state index in [1.54, 1.807) is 0 Å². The summed E-state index contributed by atoms with van der Waals surface area (Å²) >= 11 is 1.46. The van der Waals surface area contributed by atoms with Crippen LogP contribution in [0.4, 0.5) is 0 Å². The number of nitrogens with one attached hydrogen (secondary N) is 1. The lowest BCUT2D eigenvalue weighted by molar-refractivity contribution is -0.137. The van der Waals surface area contributed by atoms with Crippen molar-refractivity contribution in [3.8, 4) is 0 Å². The zero-order valence-electron chi connectivity index (χ0n) is 10.2. The van der Waals surface area contributed by atoms with Gasteiger partial charge in [-0.1, -0.05) is 0 Å². The molecule has 1 atom stereocenters. The van der Waals surface area contributed by atoms with E-state index in [1.807, 2.05) is 26.8 Å². The van der Waals surface area contributed by atoms with E-state index in [0.29, 0.717) is 11.3 Å². The average Bonchev–Trinajstić information content (AvgIpc) is 2.56. The van der Waals surface area contributed by atoms with Crippen LogP contribution in [-0.2, 0) is 4.79 Å². The van der Waals surface area contributed by atoms with E-state index >= 15 is 0 Å². The number of carbonyl (C=O) groups excluding carboxylic acids is 1. The number of amides is 1. The minimum absolute atomic E-state index is 0.0734. The highest BCUT2D eigenvalue weighted by molar-refractivity contribution is 7.14. The molecule has 0 spiro atoms. The maximum atomic E-state index is 11.8. The fraction of sp³-hybridized carbons (Fsp3) is 0.500. The molecule has 0 aliphatic carbocycles. The van der Waals surface area contributed by atoms with Gasteiger partial charge in [-0.3, -0.25) is 9.59 Å². The third kappa shape index (κ3) is 4.19. The van der Waals surface area contributed by atoms with Gasteiger partial charge in [-0.15, -0.1) is 11.3 Å². The molecule has 0 saturated carbocycles. The summed E-state index contributed by atoms with van der Waals surface area (Å²) < 4.78 is 0. The summed E-state index contributed by atoms with van der Waals surface area (Å²) in [6, 6.07) is 1.74. The van der Waals surface area contributed by atoms with Gasteiger partial charge >= 0.3 is 5.97 Å². The molecule has 0 fully saturated rings. The van der Waals surface area contributed by atoms with Crippen molar-refractivity contribution in [3.05, 3.63) is 21.4 Å². The van der Waals surface area contributed by atoms with E-state index in [1.165, 1.54) is 11.3 Å². The molecular weight excluding hydrogens is 238 g/mol. The van der Waals surface area contributed by atoms with Gasteiger partial charge in [0.25, 0.3) is 5.91 Å². The summed E-state index contributed by atoms with van der Waals surface area (Å²) in [5.41, 5.74) is 1.11. The molecule has 0 radical (unpaired) electrons. The highest BCUT2D eigenvalue weighted by atomic mass is 32.1. The topological polar surface area (TPSA) is 66.4 Å². The van der Waals surface area contributed by atoms with Crippen molar-refractivity contribution in [1.29, 1.82) is 0 Å². The van der Waals surface area contributed by atoms with Crippen LogP contribution >= 0.6 is 11.3 Å². The van der Waals surface area contributed by atoms with Gasteiger partial charge in [-0.25, -0.2) is 0 Å². The van der Waals surface area contributed by atoms with Crippen LogP contribution in [0.2, 0.25) is 0 Å². The Bertz CT molecular complexity index is 406. The molecule has 1 rings (SSSR count). The van der Waals surface area contributed by atoms with Gasteiger partial charge in [0.2, 0.25) is 0 Å². The monoisotopic (exact) mass is 255 g/mol. The predicted octanol–water partition coefficient (Wildman–Crippen LogP) is 2.35. The van der Waals surface area contributed by atoms with Crippen LogP contribution in [0.25, 0.3) is 0 Å². The summed E-state index contributed by atoms with van der Waals surface area (Å²) in [6.07, 6.45) is 0.522. The van der Waals surface area contributed by atoms with Gasteiger partial charge in [-0.05, 0) is 38.8 Å². The van der Waals surface area contributed by atoms with Crippen LogP contribution in [0.1, 0.15) is 39.9 Å². The second kappa shape index (κ2) is 5.82. The SMILES string of the molecule is Cc1cc(C(=O)NC(C)CCC(=O)O)sc1C. The highest BCUT2D eigenvalue weighted by Gasteiger charge is 2.13. The van der Waals surface area contributed by atoms with Crippen LogP contribution in [0, 0.1) is 13.8 Å². The lowest BCUT2D eigenvalue weighted by Gasteiger charge is -2.11. The van der Waals surface area contributed by atoms with E-state index in [2.05, 4.69) is 5.32 Å². The summed E-state index contributed by atoms with van der Waals surface area (Å²) in [5.74, 6) is -0.960. The number of aryl methyl sites for hydroxylation is 2. The number of hydrogen-bond donors (Lipinski definition) is 2. The molecule has 1 unspecified atom stereocenters. The number of carboxylic acids is 1. The summed E-state index contributed by atoms with van der Waals surface area (Å²) in [7, 11) is 0. The first-order valence-corrected chi connectivity index (χ1v) is 6.31. The van der Waals surface area contributed by atoms with Crippen molar-refractivity contribution in [3.63, 3.8) is 0 Å². The first kappa shape index (κ1) is 13.7. The van der Waals surface area contributed by atoms with Crippen molar-refractivity contribution in [2.75, 3.05) is 0 Å². The van der Waals surface area contributed by atoms with Crippen LogP contribution in [0.5, 0.6) is 0 Å². The fourth-order valence-corrected chi connectivity index (χ4v) is 2.33. The number of carbonyl (C=O) groups is 2. The molecule has 1 aromatic rings. The second-order valence-electron chi connectivity index (χ2n) is 4.16. The Morgan fingerprint density at radius 1 is 1.47 bits per heavy atom. The second-order valence-corrected chi connectivity index (χ2v) is 5.41. The van der Waals surface area contributed by atoms with E-state index in [0.717, 1.165) is 10.4 Å². The van der Waals surface area contributed by atoms with Gasteiger partial charge in [-0.2, -0.15) is 0 Å². The Hall–Kier alpha value is -1.36. The zero-order valence-corrected chi connectivity index (χ0v) is 11.1. The molecule has 1 amide bonds. The van der Waals surface area contributed by atoms with Crippen LogP contribution in [0.15, 0.2) is 6.07 Å². The molecule has 2 N–H and O–H groups in total. The fourth-order valence-electron chi connectivity index (χ4n) is 1.39. The Balaban J connectivity index is 2.51. The van der Waals surface area contributed by atoms with Crippen molar-refractivity contribution < 1.29 is 14.7 Å². The standard InChI is InChI=1S/C12H17NO3S/c1-7-6-10(17-9(7)3)12(16)13-8(2)4-5-11(14)15/h6,8H,4-5H2,1-3H3,(H,13,16)(H,14,15). The Morgan fingerprint density at radius 2 is 2.12 bits per heavy atom. The average molecular weight is 255 g/mol. The molecular formula is C12H17NO3S. The molecule has 94 valence electrons. The Kier molecular flexibility index (Phi) is 4.69. The predicted molar refractivity (Wildman–Crippen MR) is 67.6 cm³/mol. The number of aliphatic carboxylic acids is 1. The maximum absolute atomic E-state index is 11.8. The lowest BCUT2D eigenvalue weighted by Crippen LogP contribution is -2.32. The third-order valence-corrected chi connectivity index (χ3v) is 3.71. The Labute approximate surface area is 105 Å². The van der Waals surface area contributed by atoms with Gasteiger partial charge < -0.3 is 10.4 Å². The quantitative estimate of drug-likeness (QED) is 0.848. The number of rotatable bonds is 5. The summed E-state index contributed by atoms with van der Waals surface area (Å²) in [6.45, 7) is 5.76. The molecule has 5 heteroatoms. The number of thiophene rings is 1. The van der Waals surface area contributed by atoms with Crippen molar-refractivity contribution >= 4 is 23.2 Å². The van der Waals surface area contributed by atoms with Crippen molar-refractivity contribution in [1.82, 2.24) is 5.32 Å². The van der Waals surface area contributed by atoms with E-state index in [-0.39, 0.29) is 18.4 Å². The Morgan fingerprint density at radius 3 is 2.59 bits per heavy atom. The third-order valence-electron chi connectivity index (χ3n) is 2.56. The molecule has 0 bridgehead atoms. The largest absolute Gasteiger partial charge is 0.481 e. The molecule has 0 aliphatic rings. The van der Waals surface area contributed by atoms with E-state index in [9.17, 15) is 9.59 Å². The number of carboxylic acid groups (broad SMARTS) is 1. The smallest absolute Gasteiger partial charge is 0.303 e. The molecule has 0 saturated heterocycles. The summed E-state index contributed by atoms with van der Waals surface area (Å²) in [4.78, 5) is 24.0. The maximum Gasteiger partial charge on any atom is 0.303 e. The minimum Gasteiger partial charge on any atom is -0.481 e. The normalized spacial score (nSPS) is 12.2.